The Morgan fingerprint density at radius 3 is 2.61 bits per heavy atom. The summed E-state index contributed by atoms with van der Waals surface area (Å²) in [6, 6.07) is 3.59. The highest BCUT2D eigenvalue weighted by Crippen LogP contribution is 2.18. The molecule has 8 nitrogen and oxygen atoms in total. The maximum atomic E-state index is 12.3. The standard InChI is InChI=1S/C15H18N6O2/c1-9-12-6-5-7-20(12)15(23)21(18-9)8-13(22)16-14-10(2)17-19(4)11(14)3/h5-7H,8H2,1-4H3,(H,16,22). The van der Waals surface area contributed by atoms with E-state index in [1.54, 1.807) is 23.9 Å². The summed E-state index contributed by atoms with van der Waals surface area (Å²) < 4.78 is 4.35. The summed E-state index contributed by atoms with van der Waals surface area (Å²) in [5, 5.41) is 11.3. The zero-order valence-corrected chi connectivity index (χ0v) is 13.5. The van der Waals surface area contributed by atoms with Gasteiger partial charge < -0.3 is 5.32 Å². The van der Waals surface area contributed by atoms with E-state index in [0.29, 0.717) is 11.4 Å². The molecule has 120 valence electrons. The van der Waals surface area contributed by atoms with Crippen LogP contribution in [0.5, 0.6) is 0 Å². The van der Waals surface area contributed by atoms with Gasteiger partial charge in [0.25, 0.3) is 0 Å². The van der Waals surface area contributed by atoms with Crippen LogP contribution in [0.1, 0.15) is 17.1 Å². The molecule has 0 unspecified atom stereocenters. The second-order valence-corrected chi connectivity index (χ2v) is 5.51. The number of nitrogens with one attached hydrogen (secondary N) is 1. The van der Waals surface area contributed by atoms with Crippen molar-refractivity contribution in [3.63, 3.8) is 0 Å². The highest BCUT2D eigenvalue weighted by molar-refractivity contribution is 5.91. The molecule has 1 amide bonds. The maximum absolute atomic E-state index is 12.3. The number of nitrogens with zero attached hydrogens (tertiary/aromatic N) is 5. The van der Waals surface area contributed by atoms with Gasteiger partial charge in [-0.15, -0.1) is 0 Å². The lowest BCUT2D eigenvalue weighted by atomic mass is 10.3. The molecule has 8 heteroatoms. The Kier molecular flexibility index (Phi) is 3.51. The van der Waals surface area contributed by atoms with Crippen molar-refractivity contribution in [2.45, 2.75) is 27.3 Å². The first-order valence-corrected chi connectivity index (χ1v) is 7.23. The summed E-state index contributed by atoms with van der Waals surface area (Å²) in [5.74, 6) is -0.315. The summed E-state index contributed by atoms with van der Waals surface area (Å²) in [7, 11) is 1.81. The number of carbonyl (C=O) groups excluding carboxylic acids is 1. The van der Waals surface area contributed by atoms with Crippen LogP contribution in [-0.2, 0) is 18.4 Å². The van der Waals surface area contributed by atoms with E-state index in [1.165, 1.54) is 9.08 Å². The van der Waals surface area contributed by atoms with Crippen LogP contribution in [0.15, 0.2) is 23.1 Å². The first-order valence-electron chi connectivity index (χ1n) is 7.23. The van der Waals surface area contributed by atoms with Crippen LogP contribution in [0, 0.1) is 20.8 Å². The largest absolute Gasteiger partial charge is 0.349 e. The number of anilines is 1. The van der Waals surface area contributed by atoms with Crippen LogP contribution in [-0.4, -0.2) is 29.9 Å². The first-order chi connectivity index (χ1) is 10.9. The minimum absolute atomic E-state index is 0.151. The average Bonchev–Trinajstić information content (AvgIpc) is 3.06. The van der Waals surface area contributed by atoms with Crippen molar-refractivity contribution in [2.24, 2.45) is 7.05 Å². The zero-order valence-electron chi connectivity index (χ0n) is 13.5. The zero-order chi connectivity index (χ0) is 16.7. The monoisotopic (exact) mass is 314 g/mol. The Hall–Kier alpha value is -2.90. The van der Waals surface area contributed by atoms with E-state index in [0.717, 1.165) is 16.9 Å². The summed E-state index contributed by atoms with van der Waals surface area (Å²) >= 11 is 0. The van der Waals surface area contributed by atoms with E-state index in [1.807, 2.05) is 27.0 Å². The van der Waals surface area contributed by atoms with Gasteiger partial charge in [0.1, 0.15) is 6.54 Å². The third-order valence-electron chi connectivity index (χ3n) is 3.88. The predicted molar refractivity (Wildman–Crippen MR) is 85.5 cm³/mol. The van der Waals surface area contributed by atoms with E-state index >= 15 is 0 Å². The number of carbonyl (C=O) groups is 1. The average molecular weight is 314 g/mol. The fourth-order valence-electron chi connectivity index (χ4n) is 2.61. The third-order valence-corrected chi connectivity index (χ3v) is 3.88. The van der Waals surface area contributed by atoms with Crippen molar-refractivity contribution in [1.82, 2.24) is 24.0 Å². The summed E-state index contributed by atoms with van der Waals surface area (Å²) in [6.07, 6.45) is 1.66. The molecule has 0 aliphatic carbocycles. The molecule has 0 atom stereocenters. The fraction of sp³-hybridized carbons (Fsp3) is 0.333. The molecule has 3 aromatic rings. The van der Waals surface area contributed by atoms with Crippen LogP contribution >= 0.6 is 0 Å². The van der Waals surface area contributed by atoms with Crippen molar-refractivity contribution in [3.05, 3.63) is 45.9 Å². The van der Waals surface area contributed by atoms with Gasteiger partial charge in [-0.25, -0.2) is 9.48 Å². The van der Waals surface area contributed by atoms with Gasteiger partial charge in [0.2, 0.25) is 5.91 Å². The number of hydrogen-bond acceptors (Lipinski definition) is 4. The molecule has 1 N–H and O–H groups in total. The number of rotatable bonds is 3. The molecule has 0 fully saturated rings. The van der Waals surface area contributed by atoms with Crippen LogP contribution in [0.3, 0.4) is 0 Å². The van der Waals surface area contributed by atoms with Gasteiger partial charge in [-0.2, -0.15) is 10.2 Å². The molecule has 0 saturated carbocycles. The molecule has 0 saturated heterocycles. The molecule has 23 heavy (non-hydrogen) atoms. The summed E-state index contributed by atoms with van der Waals surface area (Å²) in [5.41, 5.74) is 3.35. The molecule has 0 aromatic carbocycles. The van der Waals surface area contributed by atoms with Crippen molar-refractivity contribution in [1.29, 1.82) is 0 Å². The Labute approximate surface area is 132 Å². The number of aryl methyl sites for hydroxylation is 3. The molecular formula is C15H18N6O2. The second kappa shape index (κ2) is 5.38. The molecule has 3 aromatic heterocycles. The van der Waals surface area contributed by atoms with Crippen LogP contribution in [0.4, 0.5) is 5.69 Å². The highest BCUT2D eigenvalue weighted by Gasteiger charge is 2.15. The lowest BCUT2D eigenvalue weighted by molar-refractivity contribution is -0.117. The van der Waals surface area contributed by atoms with Gasteiger partial charge in [-0.1, -0.05) is 0 Å². The van der Waals surface area contributed by atoms with E-state index in [4.69, 9.17) is 0 Å². The molecule has 0 bridgehead atoms. The topological polar surface area (TPSA) is 86.2 Å². The fourth-order valence-corrected chi connectivity index (χ4v) is 2.61. The molecule has 0 spiro atoms. The lowest BCUT2D eigenvalue weighted by Gasteiger charge is -2.09. The summed E-state index contributed by atoms with van der Waals surface area (Å²) in [4.78, 5) is 24.6. The van der Waals surface area contributed by atoms with Gasteiger partial charge in [-0.05, 0) is 32.9 Å². The van der Waals surface area contributed by atoms with E-state index in [9.17, 15) is 9.59 Å². The van der Waals surface area contributed by atoms with Gasteiger partial charge >= 0.3 is 5.69 Å². The number of amides is 1. The van der Waals surface area contributed by atoms with E-state index in [-0.39, 0.29) is 18.1 Å². The van der Waals surface area contributed by atoms with Crippen molar-refractivity contribution in [3.8, 4) is 0 Å². The Bertz CT molecular complexity index is 962. The number of fused-ring (bicyclic) bond motifs is 1. The number of aromatic nitrogens is 5. The predicted octanol–water partition coefficient (Wildman–Crippen LogP) is 0.793. The second-order valence-electron chi connectivity index (χ2n) is 5.51. The van der Waals surface area contributed by atoms with Gasteiger partial charge in [0.15, 0.2) is 0 Å². The minimum Gasteiger partial charge on any atom is -0.321 e. The lowest BCUT2D eigenvalue weighted by Crippen LogP contribution is -2.34. The van der Waals surface area contributed by atoms with Crippen molar-refractivity contribution < 1.29 is 4.79 Å². The normalized spacial score (nSPS) is 11.1. The van der Waals surface area contributed by atoms with Crippen molar-refractivity contribution in [2.75, 3.05) is 5.32 Å². The molecular weight excluding hydrogens is 296 g/mol. The van der Waals surface area contributed by atoms with Gasteiger partial charge in [-0.3, -0.25) is 13.9 Å². The number of hydrogen-bond donors (Lipinski definition) is 1. The van der Waals surface area contributed by atoms with Crippen LogP contribution in [0.2, 0.25) is 0 Å². The van der Waals surface area contributed by atoms with Crippen LogP contribution in [0.25, 0.3) is 5.52 Å². The van der Waals surface area contributed by atoms with E-state index in [2.05, 4.69) is 15.5 Å². The minimum atomic E-state index is -0.342. The Morgan fingerprint density at radius 1 is 1.22 bits per heavy atom. The Morgan fingerprint density at radius 2 is 1.96 bits per heavy atom. The highest BCUT2D eigenvalue weighted by atomic mass is 16.2. The molecule has 3 rings (SSSR count). The quantitative estimate of drug-likeness (QED) is 0.774. The summed E-state index contributed by atoms with van der Waals surface area (Å²) in [6.45, 7) is 5.35. The molecule has 3 heterocycles. The molecule has 0 aliphatic rings. The van der Waals surface area contributed by atoms with Crippen LogP contribution < -0.4 is 11.0 Å². The maximum Gasteiger partial charge on any atom is 0.349 e. The van der Waals surface area contributed by atoms with Crippen molar-refractivity contribution >= 4 is 17.1 Å². The smallest absolute Gasteiger partial charge is 0.321 e. The molecule has 0 radical (unpaired) electrons. The van der Waals surface area contributed by atoms with Gasteiger partial charge in [0, 0.05) is 13.2 Å². The third kappa shape index (κ3) is 2.52. The Balaban J connectivity index is 1.89. The van der Waals surface area contributed by atoms with E-state index < -0.39 is 0 Å². The molecule has 0 aliphatic heterocycles. The SMILES string of the molecule is Cc1nn(C)c(C)c1NC(=O)Cn1nc(C)c2cccn2c1=O. The van der Waals surface area contributed by atoms with Gasteiger partial charge in [0.05, 0.1) is 28.3 Å². The first kappa shape index (κ1) is 15.0.